The number of ether oxygens (including phenoxy) is 4. The summed E-state index contributed by atoms with van der Waals surface area (Å²) in [6.07, 6.45) is 1.70. The van der Waals surface area contributed by atoms with E-state index >= 15 is 0 Å². The predicted octanol–water partition coefficient (Wildman–Crippen LogP) is 4.07. The van der Waals surface area contributed by atoms with E-state index in [0.29, 0.717) is 55.3 Å². The summed E-state index contributed by atoms with van der Waals surface area (Å²) in [6, 6.07) is 7.90. The number of nitrogens with zero attached hydrogens (tertiary/aromatic N) is 2. The Hall–Kier alpha value is -3.57. The van der Waals surface area contributed by atoms with Gasteiger partial charge in [-0.1, -0.05) is 17.4 Å². The molecule has 11 heteroatoms. The van der Waals surface area contributed by atoms with Gasteiger partial charge in [-0.05, 0) is 85.1 Å². The molecule has 0 bridgehead atoms. The Morgan fingerprint density at radius 1 is 1.10 bits per heavy atom. The maximum absolute atomic E-state index is 13.9. The molecule has 9 nitrogen and oxygen atoms in total. The molecular weight excluding hydrogens is 588 g/mol. The van der Waals surface area contributed by atoms with Gasteiger partial charge in [-0.3, -0.25) is 9.36 Å². The third kappa shape index (κ3) is 5.60. The van der Waals surface area contributed by atoms with E-state index in [1.54, 1.807) is 44.2 Å². The minimum Gasteiger partial charge on any atom is -0.503 e. The van der Waals surface area contributed by atoms with E-state index in [-0.39, 0.29) is 29.2 Å². The molecule has 4 rings (SSSR count). The van der Waals surface area contributed by atoms with Gasteiger partial charge < -0.3 is 24.1 Å². The van der Waals surface area contributed by atoms with Crippen molar-refractivity contribution in [2.45, 2.75) is 33.7 Å². The Kier molecular flexibility index (Phi) is 8.81. The number of rotatable bonds is 9. The van der Waals surface area contributed by atoms with E-state index in [0.717, 1.165) is 0 Å². The number of thiazole rings is 1. The number of aromatic nitrogens is 1. The number of methoxy groups -OCH3 is 1. The topological polar surface area (TPSA) is 109 Å². The van der Waals surface area contributed by atoms with Crippen molar-refractivity contribution >= 4 is 39.3 Å². The number of hydrogen-bond acceptors (Lipinski definition) is 9. The molecule has 0 amide bonds. The first kappa shape index (κ1) is 28.4. The highest BCUT2D eigenvalue weighted by Gasteiger charge is 2.34. The number of benzene rings is 2. The zero-order valence-electron chi connectivity index (χ0n) is 22.2. The van der Waals surface area contributed by atoms with Crippen LogP contribution in [0.1, 0.15) is 44.9 Å². The zero-order valence-corrected chi connectivity index (χ0v) is 24.6. The highest BCUT2D eigenvalue weighted by Crippen LogP contribution is 2.37. The quantitative estimate of drug-likeness (QED) is 0.361. The summed E-state index contributed by atoms with van der Waals surface area (Å²) < 4.78 is 24.5. The van der Waals surface area contributed by atoms with Crippen molar-refractivity contribution in [3.63, 3.8) is 0 Å². The monoisotopic (exact) mass is 616 g/mol. The number of allylic oxidation sites excluding steroid dienone is 1. The minimum absolute atomic E-state index is 0.0357. The predicted molar refractivity (Wildman–Crippen MR) is 152 cm³/mol. The van der Waals surface area contributed by atoms with Gasteiger partial charge in [0.2, 0.25) is 0 Å². The van der Waals surface area contributed by atoms with E-state index in [1.807, 2.05) is 19.9 Å². The number of phenolic OH excluding ortho intramolecular Hbond substituents is 1. The molecule has 1 aromatic heterocycles. The van der Waals surface area contributed by atoms with E-state index in [2.05, 4.69) is 20.9 Å². The summed E-state index contributed by atoms with van der Waals surface area (Å²) in [7, 11) is 1.45. The summed E-state index contributed by atoms with van der Waals surface area (Å²) in [6.45, 7) is 8.27. The SMILES string of the molecule is CCOC(=O)C1=C(C)N=c2s/c(=C\c3cc(Br)c(O)c(OC)c3)c(=O)n2[C@H]1c1ccc(OCC)c(OCC)c1. The number of aromatic hydroxyl groups is 1. The molecule has 2 aromatic carbocycles. The molecule has 1 atom stereocenters. The molecule has 0 spiro atoms. The number of fused-ring (bicyclic) bond motifs is 1. The lowest BCUT2D eigenvalue weighted by Crippen LogP contribution is -2.40. The second-order valence-corrected chi connectivity index (χ2v) is 10.3. The molecular formula is C28H29BrN2O7S. The fourth-order valence-electron chi connectivity index (χ4n) is 4.33. The molecule has 0 saturated heterocycles. The van der Waals surface area contributed by atoms with Crippen LogP contribution >= 0.6 is 27.3 Å². The number of esters is 1. The molecule has 39 heavy (non-hydrogen) atoms. The lowest BCUT2D eigenvalue weighted by atomic mass is 9.95. The van der Waals surface area contributed by atoms with Gasteiger partial charge in [-0.25, -0.2) is 9.79 Å². The third-order valence-electron chi connectivity index (χ3n) is 5.97. The van der Waals surface area contributed by atoms with Crippen molar-refractivity contribution in [3.8, 4) is 23.0 Å². The Morgan fingerprint density at radius 2 is 1.82 bits per heavy atom. The Bertz CT molecular complexity index is 1620. The molecule has 206 valence electrons. The van der Waals surface area contributed by atoms with Crippen LogP contribution in [0.2, 0.25) is 0 Å². The molecule has 0 fully saturated rings. The zero-order chi connectivity index (χ0) is 28.3. The van der Waals surface area contributed by atoms with Crippen molar-refractivity contribution in [3.05, 3.63) is 76.9 Å². The fourth-order valence-corrected chi connectivity index (χ4v) is 5.84. The molecule has 1 aliphatic heterocycles. The van der Waals surface area contributed by atoms with Crippen molar-refractivity contribution in [2.24, 2.45) is 4.99 Å². The van der Waals surface area contributed by atoms with Crippen LogP contribution in [0.4, 0.5) is 0 Å². The second-order valence-electron chi connectivity index (χ2n) is 8.43. The molecule has 0 radical (unpaired) electrons. The molecule has 1 N–H and O–H groups in total. The minimum atomic E-state index is -0.793. The number of hydrogen-bond donors (Lipinski definition) is 1. The van der Waals surface area contributed by atoms with Crippen LogP contribution in [-0.2, 0) is 9.53 Å². The molecule has 1 aliphatic rings. The van der Waals surface area contributed by atoms with Crippen molar-refractivity contribution in [1.29, 1.82) is 0 Å². The van der Waals surface area contributed by atoms with Crippen LogP contribution in [-0.4, -0.2) is 42.6 Å². The van der Waals surface area contributed by atoms with E-state index in [9.17, 15) is 14.7 Å². The first-order chi connectivity index (χ1) is 18.7. The van der Waals surface area contributed by atoms with Gasteiger partial charge in [-0.15, -0.1) is 0 Å². The van der Waals surface area contributed by atoms with Crippen LogP contribution in [0, 0.1) is 0 Å². The van der Waals surface area contributed by atoms with E-state index < -0.39 is 12.0 Å². The van der Waals surface area contributed by atoms with Gasteiger partial charge in [0.05, 0.1) is 53.2 Å². The standard InChI is InChI=1S/C28H29BrN2O7S/c1-6-36-19-10-9-17(14-20(19)37-7-2)24-23(27(34)38-8-3)15(4)30-28-31(24)26(33)22(39-28)13-16-11-18(29)25(32)21(12-16)35-5/h9-14,24,32H,6-8H2,1-5H3/b22-13-/t24-/m0/s1. The summed E-state index contributed by atoms with van der Waals surface area (Å²) in [5, 5.41) is 10.2. The van der Waals surface area contributed by atoms with Crippen LogP contribution in [0.3, 0.4) is 0 Å². The Balaban J connectivity index is 1.96. The van der Waals surface area contributed by atoms with E-state index in [1.165, 1.54) is 23.0 Å². The van der Waals surface area contributed by atoms with Crippen LogP contribution in [0.15, 0.2) is 55.9 Å². The van der Waals surface area contributed by atoms with Crippen molar-refractivity contribution in [2.75, 3.05) is 26.9 Å². The average Bonchev–Trinajstić information content (AvgIpc) is 3.20. The van der Waals surface area contributed by atoms with Gasteiger partial charge >= 0.3 is 5.97 Å². The number of carbonyl (C=O) groups excluding carboxylic acids is 1. The first-order valence-corrected chi connectivity index (χ1v) is 14.0. The Labute approximate surface area is 237 Å². The van der Waals surface area contributed by atoms with Crippen molar-refractivity contribution < 1.29 is 28.8 Å². The second kappa shape index (κ2) is 12.1. The normalized spacial score (nSPS) is 15.0. The van der Waals surface area contributed by atoms with Gasteiger partial charge in [-0.2, -0.15) is 0 Å². The fraction of sp³-hybridized carbons (Fsp3) is 0.321. The van der Waals surface area contributed by atoms with Crippen LogP contribution < -0.4 is 29.1 Å². The highest BCUT2D eigenvalue weighted by molar-refractivity contribution is 9.10. The maximum atomic E-state index is 13.9. The van der Waals surface area contributed by atoms with E-state index in [4.69, 9.17) is 18.9 Å². The molecule has 2 heterocycles. The Morgan fingerprint density at radius 3 is 2.49 bits per heavy atom. The average molecular weight is 618 g/mol. The summed E-state index contributed by atoms with van der Waals surface area (Å²) in [5.41, 5.74) is 1.71. The third-order valence-corrected chi connectivity index (χ3v) is 7.56. The number of carbonyl (C=O) groups is 1. The van der Waals surface area contributed by atoms with Gasteiger partial charge in [0, 0.05) is 0 Å². The number of phenols is 1. The molecule has 3 aromatic rings. The highest BCUT2D eigenvalue weighted by atomic mass is 79.9. The van der Waals surface area contributed by atoms with Crippen LogP contribution in [0.5, 0.6) is 23.0 Å². The lowest BCUT2D eigenvalue weighted by Gasteiger charge is -2.25. The largest absolute Gasteiger partial charge is 0.503 e. The maximum Gasteiger partial charge on any atom is 0.338 e. The van der Waals surface area contributed by atoms with Crippen LogP contribution in [0.25, 0.3) is 6.08 Å². The molecule has 0 saturated carbocycles. The summed E-state index contributed by atoms with van der Waals surface area (Å²) in [4.78, 5) is 32.1. The lowest BCUT2D eigenvalue weighted by molar-refractivity contribution is -0.139. The number of halogens is 1. The summed E-state index contributed by atoms with van der Waals surface area (Å²) in [5.74, 6) is 0.765. The smallest absolute Gasteiger partial charge is 0.338 e. The van der Waals surface area contributed by atoms with Gasteiger partial charge in [0.15, 0.2) is 27.8 Å². The summed E-state index contributed by atoms with van der Waals surface area (Å²) >= 11 is 4.52. The van der Waals surface area contributed by atoms with Gasteiger partial charge in [0.1, 0.15) is 0 Å². The van der Waals surface area contributed by atoms with Gasteiger partial charge in [0.25, 0.3) is 5.56 Å². The molecule has 0 unspecified atom stereocenters. The molecule has 0 aliphatic carbocycles. The first-order valence-electron chi connectivity index (χ1n) is 12.4. The van der Waals surface area contributed by atoms with Crippen molar-refractivity contribution in [1.82, 2.24) is 4.57 Å².